The second-order valence-corrected chi connectivity index (χ2v) is 5.14. The predicted octanol–water partition coefficient (Wildman–Crippen LogP) is 2.02. The largest absolute Gasteiger partial charge is 0.340 e. The Hall–Kier alpha value is -0.570. The van der Waals surface area contributed by atoms with Gasteiger partial charge in [-0.1, -0.05) is 13.3 Å². The van der Waals surface area contributed by atoms with Crippen molar-refractivity contribution < 1.29 is 4.79 Å². The van der Waals surface area contributed by atoms with Gasteiger partial charge in [0.2, 0.25) is 5.91 Å². The lowest BCUT2D eigenvalue weighted by Gasteiger charge is -2.35. The molecule has 1 heterocycles. The van der Waals surface area contributed by atoms with Crippen molar-refractivity contribution in [2.75, 3.05) is 19.6 Å². The molecule has 0 spiro atoms. The van der Waals surface area contributed by atoms with Crippen LogP contribution in [-0.4, -0.2) is 36.5 Å². The Morgan fingerprint density at radius 1 is 1.44 bits per heavy atom. The first-order chi connectivity index (χ1) is 7.57. The molecular formula is C13H26N2O. The molecule has 1 amide bonds. The molecule has 3 nitrogen and oxygen atoms in total. The molecular weight excluding hydrogens is 200 g/mol. The molecule has 94 valence electrons. The first kappa shape index (κ1) is 13.5. The molecule has 0 aromatic heterocycles. The number of carbonyl (C=O) groups excluding carboxylic acids is 1. The summed E-state index contributed by atoms with van der Waals surface area (Å²) in [6.07, 6.45) is 3.11. The highest BCUT2D eigenvalue weighted by molar-refractivity contribution is 5.83. The Morgan fingerprint density at radius 3 is 2.50 bits per heavy atom. The zero-order chi connectivity index (χ0) is 12.2. The van der Waals surface area contributed by atoms with E-state index in [0.717, 1.165) is 38.9 Å². The van der Waals surface area contributed by atoms with Crippen LogP contribution in [0.3, 0.4) is 0 Å². The van der Waals surface area contributed by atoms with Crippen LogP contribution in [0.1, 0.15) is 47.0 Å². The van der Waals surface area contributed by atoms with E-state index in [4.69, 9.17) is 0 Å². The maximum absolute atomic E-state index is 12.6. The van der Waals surface area contributed by atoms with Gasteiger partial charge in [0.05, 0.1) is 5.41 Å². The highest BCUT2D eigenvalue weighted by atomic mass is 16.2. The third kappa shape index (κ3) is 2.57. The van der Waals surface area contributed by atoms with Crippen LogP contribution in [0.2, 0.25) is 0 Å². The van der Waals surface area contributed by atoms with Gasteiger partial charge in [0.25, 0.3) is 0 Å². The third-order valence-corrected chi connectivity index (χ3v) is 3.65. The van der Waals surface area contributed by atoms with Gasteiger partial charge in [0.15, 0.2) is 0 Å². The fourth-order valence-electron chi connectivity index (χ4n) is 2.77. The smallest absolute Gasteiger partial charge is 0.230 e. The van der Waals surface area contributed by atoms with Crippen LogP contribution in [0.5, 0.6) is 0 Å². The van der Waals surface area contributed by atoms with Crippen LogP contribution >= 0.6 is 0 Å². The minimum absolute atomic E-state index is 0.116. The zero-order valence-electron chi connectivity index (χ0n) is 11.2. The van der Waals surface area contributed by atoms with E-state index in [1.54, 1.807) is 0 Å². The summed E-state index contributed by atoms with van der Waals surface area (Å²) >= 11 is 0. The molecule has 1 saturated heterocycles. The van der Waals surface area contributed by atoms with E-state index in [1.165, 1.54) is 0 Å². The maximum atomic E-state index is 12.6. The van der Waals surface area contributed by atoms with Crippen molar-refractivity contribution in [1.29, 1.82) is 0 Å². The lowest BCUT2D eigenvalue weighted by Crippen LogP contribution is -2.48. The minimum Gasteiger partial charge on any atom is -0.340 e. The van der Waals surface area contributed by atoms with Gasteiger partial charge in [-0.2, -0.15) is 0 Å². The summed E-state index contributed by atoms with van der Waals surface area (Å²) in [6.45, 7) is 11.1. The number of rotatable bonds is 5. The molecule has 0 aromatic rings. The Labute approximate surface area is 99.6 Å². The number of amides is 1. The maximum Gasteiger partial charge on any atom is 0.230 e. The van der Waals surface area contributed by atoms with Crippen molar-refractivity contribution in [2.45, 2.75) is 53.0 Å². The normalized spacial score (nSPS) is 25.1. The molecule has 1 aliphatic heterocycles. The molecule has 1 aliphatic rings. The van der Waals surface area contributed by atoms with E-state index in [0.29, 0.717) is 11.9 Å². The van der Waals surface area contributed by atoms with Gasteiger partial charge in [-0.15, -0.1) is 0 Å². The van der Waals surface area contributed by atoms with Gasteiger partial charge < -0.3 is 10.2 Å². The lowest BCUT2D eigenvalue weighted by molar-refractivity contribution is -0.143. The number of nitrogens with zero attached hydrogens (tertiary/aromatic N) is 1. The monoisotopic (exact) mass is 226 g/mol. The SMILES string of the molecule is CCCC1(C(=O)N(CC)C(C)C)CCNC1. The van der Waals surface area contributed by atoms with Crippen molar-refractivity contribution in [3.05, 3.63) is 0 Å². The second kappa shape index (κ2) is 5.67. The topological polar surface area (TPSA) is 32.3 Å². The number of hydrogen-bond acceptors (Lipinski definition) is 2. The van der Waals surface area contributed by atoms with E-state index in [2.05, 4.69) is 33.0 Å². The molecule has 0 saturated carbocycles. The summed E-state index contributed by atoms with van der Waals surface area (Å²) < 4.78 is 0. The van der Waals surface area contributed by atoms with Gasteiger partial charge in [0, 0.05) is 19.1 Å². The average Bonchev–Trinajstić information content (AvgIpc) is 2.68. The highest BCUT2D eigenvalue weighted by Crippen LogP contribution is 2.33. The van der Waals surface area contributed by atoms with Crippen LogP contribution in [-0.2, 0) is 4.79 Å². The molecule has 1 N–H and O–H groups in total. The van der Waals surface area contributed by atoms with E-state index in [-0.39, 0.29) is 5.41 Å². The summed E-state index contributed by atoms with van der Waals surface area (Å²) in [5.41, 5.74) is -0.116. The second-order valence-electron chi connectivity index (χ2n) is 5.14. The van der Waals surface area contributed by atoms with Crippen LogP contribution in [0.25, 0.3) is 0 Å². The highest BCUT2D eigenvalue weighted by Gasteiger charge is 2.42. The Kier molecular flexibility index (Phi) is 4.78. The van der Waals surface area contributed by atoms with Crippen molar-refractivity contribution >= 4 is 5.91 Å². The van der Waals surface area contributed by atoms with Crippen LogP contribution in [0.4, 0.5) is 0 Å². The number of hydrogen-bond donors (Lipinski definition) is 1. The van der Waals surface area contributed by atoms with Crippen LogP contribution in [0, 0.1) is 5.41 Å². The van der Waals surface area contributed by atoms with Gasteiger partial charge in [-0.05, 0) is 40.2 Å². The first-order valence-electron chi connectivity index (χ1n) is 6.59. The summed E-state index contributed by atoms with van der Waals surface area (Å²) in [4.78, 5) is 14.6. The van der Waals surface area contributed by atoms with Gasteiger partial charge in [-0.25, -0.2) is 0 Å². The summed E-state index contributed by atoms with van der Waals surface area (Å²) in [6, 6.07) is 0.312. The quantitative estimate of drug-likeness (QED) is 0.778. The molecule has 1 unspecified atom stereocenters. The fraction of sp³-hybridized carbons (Fsp3) is 0.923. The molecule has 1 rings (SSSR count). The van der Waals surface area contributed by atoms with Crippen molar-refractivity contribution in [3.8, 4) is 0 Å². The standard InChI is InChI=1S/C13H26N2O/c1-5-7-13(8-9-14-10-13)12(16)15(6-2)11(3)4/h11,14H,5-10H2,1-4H3. The number of nitrogens with one attached hydrogen (secondary N) is 1. The molecule has 0 aliphatic carbocycles. The first-order valence-corrected chi connectivity index (χ1v) is 6.59. The molecule has 0 aromatic carbocycles. The van der Waals surface area contributed by atoms with E-state index < -0.39 is 0 Å². The van der Waals surface area contributed by atoms with Crippen molar-refractivity contribution in [2.24, 2.45) is 5.41 Å². The summed E-state index contributed by atoms with van der Waals surface area (Å²) in [5.74, 6) is 0.358. The Balaban J connectivity index is 2.81. The molecule has 0 bridgehead atoms. The van der Waals surface area contributed by atoms with Crippen LogP contribution < -0.4 is 5.32 Å². The van der Waals surface area contributed by atoms with E-state index in [9.17, 15) is 4.79 Å². The van der Waals surface area contributed by atoms with Gasteiger partial charge >= 0.3 is 0 Å². The average molecular weight is 226 g/mol. The number of carbonyl (C=O) groups is 1. The molecule has 16 heavy (non-hydrogen) atoms. The van der Waals surface area contributed by atoms with Crippen molar-refractivity contribution in [3.63, 3.8) is 0 Å². The molecule has 1 atom stereocenters. The minimum atomic E-state index is -0.116. The van der Waals surface area contributed by atoms with Crippen molar-refractivity contribution in [1.82, 2.24) is 10.2 Å². The van der Waals surface area contributed by atoms with Crippen LogP contribution in [0.15, 0.2) is 0 Å². The van der Waals surface area contributed by atoms with Gasteiger partial charge in [-0.3, -0.25) is 4.79 Å². The molecule has 3 heteroatoms. The molecule has 1 fully saturated rings. The summed E-state index contributed by atoms with van der Waals surface area (Å²) in [5, 5.41) is 3.35. The predicted molar refractivity (Wildman–Crippen MR) is 67.4 cm³/mol. The summed E-state index contributed by atoms with van der Waals surface area (Å²) in [7, 11) is 0. The third-order valence-electron chi connectivity index (χ3n) is 3.65. The Bertz CT molecular complexity index is 232. The van der Waals surface area contributed by atoms with E-state index >= 15 is 0 Å². The lowest BCUT2D eigenvalue weighted by atomic mass is 9.80. The van der Waals surface area contributed by atoms with E-state index in [1.807, 2.05) is 4.90 Å². The zero-order valence-corrected chi connectivity index (χ0v) is 11.2. The molecule has 0 radical (unpaired) electrons. The fourth-order valence-corrected chi connectivity index (χ4v) is 2.77. The van der Waals surface area contributed by atoms with Gasteiger partial charge in [0.1, 0.15) is 0 Å². The Morgan fingerprint density at radius 2 is 2.12 bits per heavy atom.